The molecule has 0 bridgehead atoms. The molecule has 0 aromatic heterocycles. The first kappa shape index (κ1) is 20.8. The maximum absolute atomic E-state index is 13.3. The predicted octanol–water partition coefficient (Wildman–Crippen LogP) is 3.04. The SMILES string of the molecule is CC(=O)O[C@H]1C2=C(C(=O)C(O)=C(C(C)C)C2=O)[C@@]2(C)CCCC(C)(C)C2C1O. The van der Waals surface area contributed by atoms with Crippen LogP contribution in [0.4, 0.5) is 0 Å². The fourth-order valence-corrected chi connectivity index (χ4v) is 5.96. The lowest BCUT2D eigenvalue weighted by molar-refractivity contribution is -0.166. The summed E-state index contributed by atoms with van der Waals surface area (Å²) in [6.07, 6.45) is -0.00625. The number of aliphatic hydroxyl groups is 2. The zero-order chi connectivity index (χ0) is 21.2. The normalized spacial score (nSPS) is 35.1. The van der Waals surface area contributed by atoms with Crippen molar-refractivity contribution in [1.82, 2.24) is 0 Å². The van der Waals surface area contributed by atoms with E-state index < -0.39 is 40.9 Å². The monoisotopic (exact) mass is 390 g/mol. The first-order valence-corrected chi connectivity index (χ1v) is 9.97. The Labute approximate surface area is 165 Å². The Morgan fingerprint density at radius 1 is 1.14 bits per heavy atom. The fourth-order valence-electron chi connectivity index (χ4n) is 5.96. The van der Waals surface area contributed by atoms with Gasteiger partial charge in [-0.15, -0.1) is 0 Å². The molecule has 6 heteroatoms. The van der Waals surface area contributed by atoms with Crippen LogP contribution in [0, 0.1) is 22.7 Å². The van der Waals surface area contributed by atoms with Crippen LogP contribution in [0.15, 0.2) is 22.5 Å². The molecule has 2 unspecified atom stereocenters. The van der Waals surface area contributed by atoms with E-state index in [1.54, 1.807) is 13.8 Å². The van der Waals surface area contributed by atoms with Gasteiger partial charge >= 0.3 is 5.97 Å². The van der Waals surface area contributed by atoms with Gasteiger partial charge in [-0.3, -0.25) is 14.4 Å². The van der Waals surface area contributed by atoms with E-state index in [-0.39, 0.29) is 34.0 Å². The second-order valence-electron chi connectivity index (χ2n) is 9.62. The number of Topliss-reactive ketones (excluding diaryl/α,β-unsaturated/α-hetero) is 2. The Hall–Kier alpha value is -1.95. The van der Waals surface area contributed by atoms with Gasteiger partial charge in [-0.05, 0) is 24.2 Å². The Kier molecular flexibility index (Phi) is 4.86. The molecule has 0 aromatic rings. The summed E-state index contributed by atoms with van der Waals surface area (Å²) in [5, 5.41) is 21.9. The number of ether oxygens (including phenoxy) is 1. The third-order valence-electron chi connectivity index (χ3n) is 6.88. The summed E-state index contributed by atoms with van der Waals surface area (Å²) < 4.78 is 5.42. The van der Waals surface area contributed by atoms with Crippen molar-refractivity contribution in [2.75, 3.05) is 0 Å². The number of hydrogen-bond donors (Lipinski definition) is 2. The largest absolute Gasteiger partial charge is 0.504 e. The van der Waals surface area contributed by atoms with Gasteiger partial charge in [0.15, 0.2) is 17.6 Å². The number of carbonyl (C=O) groups excluding carboxylic acids is 3. The molecule has 0 aromatic carbocycles. The van der Waals surface area contributed by atoms with Crippen LogP contribution in [0.3, 0.4) is 0 Å². The molecule has 3 rings (SSSR count). The average Bonchev–Trinajstić information content (AvgIpc) is 2.53. The molecule has 4 atom stereocenters. The van der Waals surface area contributed by atoms with E-state index in [0.29, 0.717) is 6.42 Å². The fraction of sp³-hybridized carbons (Fsp3) is 0.682. The number of fused-ring (bicyclic) bond motifs is 2. The molecule has 0 amide bonds. The standard InChI is InChI=1S/C22H30O6/c1-10(2)12-15(24)13-14(17(26)16(12)25)22(6)9-7-8-21(4,5)20(22)18(27)19(13)28-11(3)23/h10,18-20,25,27H,7-9H2,1-6H3/t18?,19-,20?,22+/m0/s1. The maximum Gasteiger partial charge on any atom is 0.303 e. The van der Waals surface area contributed by atoms with Crippen LogP contribution in [0.1, 0.15) is 60.8 Å². The molecular weight excluding hydrogens is 360 g/mol. The third-order valence-corrected chi connectivity index (χ3v) is 6.88. The Morgan fingerprint density at radius 3 is 2.29 bits per heavy atom. The van der Waals surface area contributed by atoms with E-state index in [1.165, 1.54) is 6.92 Å². The highest BCUT2D eigenvalue weighted by atomic mass is 16.6. The van der Waals surface area contributed by atoms with Gasteiger partial charge < -0.3 is 14.9 Å². The van der Waals surface area contributed by atoms with Crippen molar-refractivity contribution in [2.24, 2.45) is 22.7 Å². The van der Waals surface area contributed by atoms with Crippen LogP contribution in [0.2, 0.25) is 0 Å². The van der Waals surface area contributed by atoms with Crippen LogP contribution in [-0.4, -0.2) is 40.0 Å². The molecule has 154 valence electrons. The Morgan fingerprint density at radius 2 is 1.75 bits per heavy atom. The molecule has 1 saturated carbocycles. The number of ketones is 2. The molecule has 28 heavy (non-hydrogen) atoms. The highest BCUT2D eigenvalue weighted by Crippen LogP contribution is 2.61. The van der Waals surface area contributed by atoms with Crippen molar-refractivity contribution in [3.63, 3.8) is 0 Å². The van der Waals surface area contributed by atoms with Crippen LogP contribution in [-0.2, 0) is 19.1 Å². The summed E-state index contributed by atoms with van der Waals surface area (Å²) in [4.78, 5) is 38.4. The molecule has 0 radical (unpaired) electrons. The van der Waals surface area contributed by atoms with Gasteiger partial charge in [-0.2, -0.15) is 0 Å². The lowest BCUT2D eigenvalue weighted by atomic mass is 9.47. The van der Waals surface area contributed by atoms with Crippen molar-refractivity contribution in [3.05, 3.63) is 22.5 Å². The van der Waals surface area contributed by atoms with Gasteiger partial charge in [0.25, 0.3) is 0 Å². The summed E-state index contributed by atoms with van der Waals surface area (Å²) in [5.41, 5.74) is -0.828. The maximum atomic E-state index is 13.3. The Balaban J connectivity index is 2.31. The molecule has 3 aliphatic rings. The van der Waals surface area contributed by atoms with E-state index in [0.717, 1.165) is 12.8 Å². The van der Waals surface area contributed by atoms with Gasteiger partial charge in [-0.25, -0.2) is 0 Å². The molecule has 1 fully saturated rings. The topological polar surface area (TPSA) is 101 Å². The number of esters is 1. The minimum atomic E-state index is -1.21. The van der Waals surface area contributed by atoms with Gasteiger partial charge in [0.05, 0.1) is 11.7 Å². The van der Waals surface area contributed by atoms with E-state index in [1.807, 2.05) is 20.8 Å². The number of allylic oxidation sites excluding steroid dienone is 2. The first-order valence-electron chi connectivity index (χ1n) is 9.97. The lowest BCUT2D eigenvalue weighted by Gasteiger charge is -2.58. The summed E-state index contributed by atoms with van der Waals surface area (Å²) >= 11 is 0. The molecule has 6 nitrogen and oxygen atoms in total. The van der Waals surface area contributed by atoms with Gasteiger partial charge in [0.2, 0.25) is 5.78 Å². The highest BCUT2D eigenvalue weighted by Gasteiger charge is 2.62. The summed E-state index contributed by atoms with van der Waals surface area (Å²) in [6.45, 7) is 10.6. The molecule has 0 saturated heterocycles. The minimum absolute atomic E-state index is 0.0187. The predicted molar refractivity (Wildman–Crippen MR) is 102 cm³/mol. The number of carbonyl (C=O) groups is 3. The third kappa shape index (κ3) is 2.76. The summed E-state index contributed by atoms with van der Waals surface area (Å²) in [7, 11) is 0. The van der Waals surface area contributed by atoms with Crippen molar-refractivity contribution in [3.8, 4) is 0 Å². The van der Waals surface area contributed by atoms with Crippen LogP contribution >= 0.6 is 0 Å². The average molecular weight is 390 g/mol. The van der Waals surface area contributed by atoms with E-state index in [9.17, 15) is 24.6 Å². The van der Waals surface area contributed by atoms with E-state index >= 15 is 0 Å². The van der Waals surface area contributed by atoms with Crippen molar-refractivity contribution >= 4 is 17.5 Å². The lowest BCUT2D eigenvalue weighted by Crippen LogP contribution is -2.60. The zero-order valence-electron chi connectivity index (χ0n) is 17.5. The smallest absolute Gasteiger partial charge is 0.303 e. The quantitative estimate of drug-likeness (QED) is 0.555. The van der Waals surface area contributed by atoms with Gasteiger partial charge in [-0.1, -0.05) is 41.0 Å². The Bertz CT molecular complexity index is 815. The van der Waals surface area contributed by atoms with Crippen LogP contribution < -0.4 is 0 Å². The minimum Gasteiger partial charge on any atom is -0.504 e. The second kappa shape index (κ2) is 6.55. The van der Waals surface area contributed by atoms with Crippen molar-refractivity contribution < 1.29 is 29.3 Å². The zero-order valence-corrected chi connectivity index (χ0v) is 17.5. The molecule has 3 aliphatic carbocycles. The van der Waals surface area contributed by atoms with E-state index in [4.69, 9.17) is 4.74 Å². The first-order chi connectivity index (χ1) is 12.8. The summed E-state index contributed by atoms with van der Waals surface area (Å²) in [5.74, 6) is -2.99. The highest BCUT2D eigenvalue weighted by molar-refractivity contribution is 6.25. The van der Waals surface area contributed by atoms with Crippen LogP contribution in [0.25, 0.3) is 0 Å². The van der Waals surface area contributed by atoms with Crippen molar-refractivity contribution in [1.29, 1.82) is 0 Å². The number of hydrogen-bond acceptors (Lipinski definition) is 6. The van der Waals surface area contributed by atoms with E-state index in [2.05, 4.69) is 0 Å². The van der Waals surface area contributed by atoms with Gasteiger partial charge in [0.1, 0.15) is 0 Å². The second-order valence-corrected chi connectivity index (χ2v) is 9.62. The molecular formula is C22H30O6. The van der Waals surface area contributed by atoms with Gasteiger partial charge in [0, 0.05) is 29.4 Å². The number of rotatable bonds is 2. The molecule has 0 spiro atoms. The van der Waals surface area contributed by atoms with Crippen molar-refractivity contribution in [2.45, 2.75) is 73.0 Å². The molecule has 0 aliphatic heterocycles. The number of aliphatic hydroxyl groups excluding tert-OH is 2. The molecule has 0 heterocycles. The summed E-state index contributed by atoms with van der Waals surface area (Å²) in [6, 6.07) is 0. The molecule has 2 N–H and O–H groups in total. The van der Waals surface area contributed by atoms with Crippen LogP contribution in [0.5, 0.6) is 0 Å².